The summed E-state index contributed by atoms with van der Waals surface area (Å²) < 4.78 is 31.8. The molecule has 0 saturated carbocycles. The average molecular weight is 292 g/mol. The Morgan fingerprint density at radius 2 is 1.76 bits per heavy atom. The van der Waals surface area contributed by atoms with E-state index < -0.39 is 5.82 Å². The van der Waals surface area contributed by atoms with Crippen LogP contribution < -0.4 is 10.1 Å². The van der Waals surface area contributed by atoms with Crippen LogP contribution in [-0.2, 0) is 6.54 Å². The van der Waals surface area contributed by atoms with Crippen molar-refractivity contribution < 1.29 is 13.5 Å². The number of rotatable bonds is 4. The Labute approximate surface area is 123 Å². The van der Waals surface area contributed by atoms with Gasteiger partial charge < -0.3 is 10.1 Å². The quantitative estimate of drug-likeness (QED) is 0.923. The fourth-order valence-corrected chi connectivity index (χ4v) is 1.66. The van der Waals surface area contributed by atoms with E-state index in [1.165, 1.54) is 30.3 Å². The van der Waals surface area contributed by atoms with Gasteiger partial charge in [-0.1, -0.05) is 0 Å². The molecule has 2 aromatic rings. The smallest absolute Gasteiger partial charge is 0.223 e. The van der Waals surface area contributed by atoms with Crippen molar-refractivity contribution in [3.63, 3.8) is 0 Å². The number of nitrogens with one attached hydrogen (secondary N) is 1. The summed E-state index contributed by atoms with van der Waals surface area (Å²) in [7, 11) is 0. The third kappa shape index (κ3) is 4.79. The molecule has 0 aliphatic carbocycles. The molecule has 0 unspecified atom stereocenters. The molecule has 0 fully saturated rings. The maximum absolute atomic E-state index is 13.4. The Hall–Kier alpha value is -2.01. The number of hydrogen-bond acceptors (Lipinski definition) is 3. The summed E-state index contributed by atoms with van der Waals surface area (Å²) in [6.07, 6.45) is 1.10. The van der Waals surface area contributed by atoms with Gasteiger partial charge in [-0.3, -0.25) is 0 Å². The first-order valence-corrected chi connectivity index (χ1v) is 6.66. The fraction of sp³-hybridized carbons (Fsp3) is 0.312. The van der Waals surface area contributed by atoms with Crippen LogP contribution in [0.5, 0.6) is 11.6 Å². The molecule has 1 N–H and O–H groups in total. The van der Waals surface area contributed by atoms with E-state index in [1.807, 2.05) is 20.8 Å². The molecule has 1 aromatic heterocycles. The zero-order chi connectivity index (χ0) is 15.5. The highest BCUT2D eigenvalue weighted by atomic mass is 19.1. The molecule has 0 amide bonds. The van der Waals surface area contributed by atoms with E-state index in [0.29, 0.717) is 23.7 Å². The van der Waals surface area contributed by atoms with E-state index in [0.717, 1.165) is 6.20 Å². The molecule has 0 aliphatic heterocycles. The zero-order valence-corrected chi connectivity index (χ0v) is 12.3. The molecule has 3 nitrogen and oxygen atoms in total. The summed E-state index contributed by atoms with van der Waals surface area (Å²) >= 11 is 0. The minimum absolute atomic E-state index is 0.112. The number of ether oxygens (including phenoxy) is 1. The van der Waals surface area contributed by atoms with Crippen molar-refractivity contribution >= 4 is 0 Å². The van der Waals surface area contributed by atoms with Gasteiger partial charge in [0, 0.05) is 17.6 Å². The molecular weight excluding hydrogens is 274 g/mol. The molecule has 1 heterocycles. The summed E-state index contributed by atoms with van der Waals surface area (Å²) in [6.45, 7) is 6.46. The molecular formula is C16H18F2N2O. The van der Waals surface area contributed by atoms with Crippen molar-refractivity contribution in [2.45, 2.75) is 32.9 Å². The third-order valence-corrected chi connectivity index (χ3v) is 2.73. The van der Waals surface area contributed by atoms with Gasteiger partial charge in [-0.25, -0.2) is 13.8 Å². The van der Waals surface area contributed by atoms with Crippen LogP contribution in [0.25, 0.3) is 0 Å². The third-order valence-electron chi connectivity index (χ3n) is 2.73. The van der Waals surface area contributed by atoms with Gasteiger partial charge in [-0.05, 0) is 51.1 Å². The maximum Gasteiger partial charge on any atom is 0.223 e. The molecule has 0 radical (unpaired) electrons. The number of pyridine rings is 1. The lowest BCUT2D eigenvalue weighted by Crippen LogP contribution is -2.35. The molecule has 1 aromatic carbocycles. The highest BCUT2D eigenvalue weighted by Gasteiger charge is 2.13. The van der Waals surface area contributed by atoms with Crippen LogP contribution in [0.2, 0.25) is 0 Å². The predicted octanol–water partition coefficient (Wildman–Crippen LogP) is 4.04. The Morgan fingerprint density at radius 3 is 2.38 bits per heavy atom. The lowest BCUT2D eigenvalue weighted by atomic mass is 10.1. The van der Waals surface area contributed by atoms with Crippen LogP contribution in [-0.4, -0.2) is 10.5 Å². The van der Waals surface area contributed by atoms with Gasteiger partial charge in [0.05, 0.1) is 6.20 Å². The van der Waals surface area contributed by atoms with Gasteiger partial charge in [0.25, 0.3) is 0 Å². The van der Waals surface area contributed by atoms with Crippen molar-refractivity contribution in [3.8, 4) is 11.6 Å². The monoisotopic (exact) mass is 292 g/mol. The second-order valence-electron chi connectivity index (χ2n) is 5.78. The summed E-state index contributed by atoms with van der Waals surface area (Å²) in [6, 6.07) is 6.98. The summed E-state index contributed by atoms with van der Waals surface area (Å²) in [5.41, 5.74) is 0.494. The van der Waals surface area contributed by atoms with Crippen LogP contribution in [0.4, 0.5) is 8.78 Å². The molecule has 21 heavy (non-hydrogen) atoms. The normalized spacial score (nSPS) is 11.5. The van der Waals surface area contributed by atoms with Gasteiger partial charge in [-0.2, -0.15) is 0 Å². The SMILES string of the molecule is CC(C)(C)NCc1cc(F)cnc1Oc1ccc(F)cc1. The minimum Gasteiger partial charge on any atom is -0.439 e. The first kappa shape index (κ1) is 15.4. The predicted molar refractivity (Wildman–Crippen MR) is 77.3 cm³/mol. The van der Waals surface area contributed by atoms with Crippen molar-refractivity contribution in [2.24, 2.45) is 0 Å². The Kier molecular flexibility index (Phi) is 4.53. The second kappa shape index (κ2) is 6.18. The molecule has 0 saturated heterocycles. The van der Waals surface area contributed by atoms with Crippen LogP contribution in [0.3, 0.4) is 0 Å². The fourth-order valence-electron chi connectivity index (χ4n) is 1.66. The first-order chi connectivity index (χ1) is 9.83. The summed E-state index contributed by atoms with van der Waals surface area (Å²) in [5.74, 6) is -0.0107. The van der Waals surface area contributed by atoms with E-state index in [2.05, 4.69) is 10.3 Å². The molecule has 0 atom stereocenters. The van der Waals surface area contributed by atoms with Crippen LogP contribution >= 0.6 is 0 Å². The molecule has 112 valence electrons. The van der Waals surface area contributed by atoms with Crippen molar-refractivity contribution in [1.82, 2.24) is 10.3 Å². The number of nitrogens with zero attached hydrogens (tertiary/aromatic N) is 1. The van der Waals surface area contributed by atoms with Crippen LogP contribution in [0.1, 0.15) is 26.3 Å². The van der Waals surface area contributed by atoms with Gasteiger partial charge in [0.1, 0.15) is 17.4 Å². The highest BCUT2D eigenvalue weighted by molar-refractivity contribution is 5.32. The van der Waals surface area contributed by atoms with Crippen LogP contribution in [0.15, 0.2) is 36.5 Å². The maximum atomic E-state index is 13.4. The van der Waals surface area contributed by atoms with E-state index in [1.54, 1.807) is 0 Å². The molecule has 0 spiro atoms. The van der Waals surface area contributed by atoms with Crippen molar-refractivity contribution in [2.75, 3.05) is 0 Å². The number of hydrogen-bond donors (Lipinski definition) is 1. The molecule has 0 aliphatic rings. The largest absolute Gasteiger partial charge is 0.439 e. The Morgan fingerprint density at radius 1 is 1.10 bits per heavy atom. The van der Waals surface area contributed by atoms with Gasteiger partial charge in [0.15, 0.2) is 0 Å². The van der Waals surface area contributed by atoms with Gasteiger partial charge >= 0.3 is 0 Å². The van der Waals surface area contributed by atoms with Crippen molar-refractivity contribution in [1.29, 1.82) is 0 Å². The molecule has 5 heteroatoms. The van der Waals surface area contributed by atoms with Crippen molar-refractivity contribution in [3.05, 3.63) is 53.7 Å². The lowest BCUT2D eigenvalue weighted by Gasteiger charge is -2.21. The van der Waals surface area contributed by atoms with Gasteiger partial charge in [0.2, 0.25) is 5.88 Å². The lowest BCUT2D eigenvalue weighted by molar-refractivity contribution is 0.407. The van der Waals surface area contributed by atoms with E-state index in [9.17, 15) is 8.78 Å². The number of aromatic nitrogens is 1. The average Bonchev–Trinajstić information content (AvgIpc) is 2.40. The minimum atomic E-state index is -0.424. The van der Waals surface area contributed by atoms with Crippen LogP contribution in [0, 0.1) is 11.6 Å². The Balaban J connectivity index is 2.20. The number of benzene rings is 1. The van der Waals surface area contributed by atoms with Gasteiger partial charge in [-0.15, -0.1) is 0 Å². The summed E-state index contributed by atoms with van der Waals surface area (Å²) in [4.78, 5) is 3.97. The number of halogens is 2. The molecule has 2 rings (SSSR count). The zero-order valence-electron chi connectivity index (χ0n) is 12.3. The highest BCUT2D eigenvalue weighted by Crippen LogP contribution is 2.24. The van der Waals surface area contributed by atoms with E-state index in [4.69, 9.17) is 4.74 Å². The topological polar surface area (TPSA) is 34.2 Å². The molecule has 0 bridgehead atoms. The first-order valence-electron chi connectivity index (χ1n) is 6.66. The Bertz CT molecular complexity index is 607. The second-order valence-corrected chi connectivity index (χ2v) is 5.78. The van der Waals surface area contributed by atoms with E-state index in [-0.39, 0.29) is 11.4 Å². The van der Waals surface area contributed by atoms with E-state index >= 15 is 0 Å². The summed E-state index contributed by atoms with van der Waals surface area (Å²) in [5, 5.41) is 3.25. The standard InChI is InChI=1S/C16H18F2N2O/c1-16(2,3)20-9-11-8-13(18)10-19-15(11)21-14-6-4-12(17)5-7-14/h4-8,10,20H,9H2,1-3H3.